The van der Waals surface area contributed by atoms with Crippen LogP contribution in [0.2, 0.25) is 0 Å². The number of hydrogen-bond acceptors (Lipinski definition) is 1. The smallest absolute Gasteiger partial charge is 0.0786 e. The summed E-state index contributed by atoms with van der Waals surface area (Å²) < 4.78 is 0. The predicted octanol–water partition coefficient (Wildman–Crippen LogP) is 6.60. The van der Waals surface area contributed by atoms with Gasteiger partial charge in [0.05, 0.1) is 5.69 Å². The molecular formula is C25H14N. The molecule has 119 valence electrons. The summed E-state index contributed by atoms with van der Waals surface area (Å²) in [5, 5.41) is 9.95. The zero-order chi connectivity index (χ0) is 17.1. The minimum Gasteiger partial charge on any atom is -0.256 e. The summed E-state index contributed by atoms with van der Waals surface area (Å²) >= 11 is 0. The first-order chi connectivity index (χ1) is 12.9. The fourth-order valence-corrected chi connectivity index (χ4v) is 4.13. The van der Waals surface area contributed by atoms with E-state index in [0.29, 0.717) is 0 Å². The van der Waals surface area contributed by atoms with Crippen LogP contribution < -0.4 is 0 Å². The van der Waals surface area contributed by atoms with Crippen LogP contribution in [0, 0.1) is 6.07 Å². The average molecular weight is 328 g/mol. The Balaban J connectivity index is 1.75. The lowest BCUT2D eigenvalue weighted by molar-refractivity contribution is 1.36. The number of fused-ring (bicyclic) bond motifs is 1. The van der Waals surface area contributed by atoms with Gasteiger partial charge in [-0.15, -0.1) is 0 Å². The second kappa shape index (κ2) is 5.03. The summed E-state index contributed by atoms with van der Waals surface area (Å²) in [7, 11) is 0. The summed E-state index contributed by atoms with van der Waals surface area (Å²) in [6, 6.07) is 31.6. The van der Waals surface area contributed by atoms with Crippen LogP contribution in [-0.4, -0.2) is 4.98 Å². The highest BCUT2D eigenvalue weighted by molar-refractivity contribution is 6.23. The third kappa shape index (κ3) is 1.83. The van der Waals surface area contributed by atoms with E-state index in [0.717, 1.165) is 16.6 Å². The standard InChI is InChI=1S/C25H14N/c1-2-7-22-16(4-1)12-13-26-25(22)21-14-19-10-8-17-5-3-6-18-9-11-20(15-21)24(19)23(17)18/h1-14H. The quantitative estimate of drug-likeness (QED) is 0.310. The summed E-state index contributed by atoms with van der Waals surface area (Å²) in [6.45, 7) is 0. The number of hydrogen-bond donors (Lipinski definition) is 0. The first kappa shape index (κ1) is 13.8. The molecule has 1 nitrogen and oxygen atoms in total. The second-order valence-corrected chi connectivity index (χ2v) is 6.79. The molecule has 1 aromatic heterocycles. The highest BCUT2D eigenvalue weighted by Crippen LogP contribution is 2.37. The Labute approximate surface area is 150 Å². The molecule has 0 aliphatic carbocycles. The van der Waals surface area contributed by atoms with Gasteiger partial charge in [0.15, 0.2) is 0 Å². The van der Waals surface area contributed by atoms with Crippen molar-refractivity contribution in [3.63, 3.8) is 0 Å². The van der Waals surface area contributed by atoms with Crippen LogP contribution >= 0.6 is 0 Å². The Hall–Kier alpha value is -3.45. The fourth-order valence-electron chi connectivity index (χ4n) is 4.13. The largest absolute Gasteiger partial charge is 0.256 e. The molecule has 0 saturated carbocycles. The Bertz CT molecular complexity index is 1360. The van der Waals surface area contributed by atoms with Gasteiger partial charge in [-0.3, -0.25) is 4.98 Å². The first-order valence-corrected chi connectivity index (χ1v) is 8.82. The molecule has 5 aromatic carbocycles. The van der Waals surface area contributed by atoms with Crippen LogP contribution in [0.15, 0.2) is 85.1 Å². The Kier molecular flexibility index (Phi) is 2.67. The normalized spacial score (nSPS) is 11.8. The van der Waals surface area contributed by atoms with Crippen LogP contribution in [0.3, 0.4) is 0 Å². The third-order valence-corrected chi connectivity index (χ3v) is 5.31. The van der Waals surface area contributed by atoms with Crippen LogP contribution in [0.5, 0.6) is 0 Å². The van der Waals surface area contributed by atoms with E-state index in [4.69, 9.17) is 0 Å². The fraction of sp³-hybridized carbons (Fsp3) is 0. The lowest BCUT2D eigenvalue weighted by atomic mass is 9.91. The molecule has 0 aliphatic heterocycles. The van der Waals surface area contributed by atoms with Crippen molar-refractivity contribution in [3.8, 4) is 11.3 Å². The van der Waals surface area contributed by atoms with Gasteiger partial charge in [-0.25, -0.2) is 0 Å². The maximum Gasteiger partial charge on any atom is 0.0786 e. The third-order valence-electron chi connectivity index (χ3n) is 5.31. The number of rotatable bonds is 1. The SMILES string of the molecule is [c]1c(-c2nccc3ccccc23)cc2ccc3cccc4ccc1c2c43. The zero-order valence-electron chi connectivity index (χ0n) is 14.0. The number of benzene rings is 5. The lowest BCUT2D eigenvalue weighted by Gasteiger charge is -2.13. The van der Waals surface area contributed by atoms with Crippen LogP contribution in [0.1, 0.15) is 0 Å². The van der Waals surface area contributed by atoms with Crippen LogP contribution in [-0.2, 0) is 0 Å². The highest BCUT2D eigenvalue weighted by Gasteiger charge is 2.12. The van der Waals surface area contributed by atoms with E-state index < -0.39 is 0 Å². The van der Waals surface area contributed by atoms with E-state index in [-0.39, 0.29) is 0 Å². The average Bonchev–Trinajstić information content (AvgIpc) is 2.71. The van der Waals surface area contributed by atoms with Gasteiger partial charge in [0.1, 0.15) is 0 Å². The van der Waals surface area contributed by atoms with Gasteiger partial charge in [0, 0.05) is 23.2 Å². The molecule has 1 radical (unpaired) electrons. The Morgan fingerprint density at radius 3 is 2.31 bits per heavy atom. The summed E-state index contributed by atoms with van der Waals surface area (Å²) in [6.07, 6.45) is 1.88. The Morgan fingerprint density at radius 1 is 0.615 bits per heavy atom. The summed E-state index contributed by atoms with van der Waals surface area (Å²) in [5.41, 5.74) is 2.04. The van der Waals surface area contributed by atoms with E-state index in [1.165, 1.54) is 37.7 Å². The monoisotopic (exact) mass is 328 g/mol. The molecule has 0 amide bonds. The molecule has 0 spiro atoms. The van der Waals surface area contributed by atoms with Gasteiger partial charge in [-0.1, -0.05) is 66.7 Å². The molecule has 6 rings (SSSR count). The van der Waals surface area contributed by atoms with Crippen molar-refractivity contribution in [1.29, 1.82) is 0 Å². The van der Waals surface area contributed by atoms with Gasteiger partial charge < -0.3 is 0 Å². The molecule has 1 heterocycles. The minimum absolute atomic E-state index is 0.994. The molecule has 1 heteroatoms. The predicted molar refractivity (Wildman–Crippen MR) is 110 cm³/mol. The molecule has 26 heavy (non-hydrogen) atoms. The van der Waals surface area contributed by atoms with E-state index in [9.17, 15) is 0 Å². The van der Waals surface area contributed by atoms with Crippen molar-refractivity contribution >= 4 is 43.1 Å². The molecule has 0 aliphatic rings. The summed E-state index contributed by atoms with van der Waals surface area (Å²) in [5.74, 6) is 0. The second-order valence-electron chi connectivity index (χ2n) is 6.79. The van der Waals surface area contributed by atoms with E-state index in [1.54, 1.807) is 0 Å². The van der Waals surface area contributed by atoms with Crippen molar-refractivity contribution in [1.82, 2.24) is 4.98 Å². The van der Waals surface area contributed by atoms with Crippen molar-refractivity contribution in [2.45, 2.75) is 0 Å². The molecule has 0 bridgehead atoms. The van der Waals surface area contributed by atoms with E-state index in [2.05, 4.69) is 89.9 Å². The Morgan fingerprint density at radius 2 is 1.38 bits per heavy atom. The first-order valence-electron chi connectivity index (χ1n) is 8.82. The number of aromatic nitrogens is 1. The lowest BCUT2D eigenvalue weighted by Crippen LogP contribution is -1.89. The van der Waals surface area contributed by atoms with E-state index in [1.807, 2.05) is 6.20 Å². The summed E-state index contributed by atoms with van der Waals surface area (Å²) in [4.78, 5) is 4.68. The van der Waals surface area contributed by atoms with Gasteiger partial charge >= 0.3 is 0 Å². The maximum atomic E-state index is 4.68. The minimum atomic E-state index is 0.994. The molecule has 0 unspecified atom stereocenters. The maximum absolute atomic E-state index is 4.68. The molecule has 0 fully saturated rings. The number of nitrogens with zero attached hydrogens (tertiary/aromatic N) is 1. The van der Waals surface area contributed by atoms with Crippen molar-refractivity contribution in [2.24, 2.45) is 0 Å². The molecular weight excluding hydrogens is 314 g/mol. The number of pyridine rings is 1. The van der Waals surface area contributed by atoms with Gasteiger partial charge in [0.25, 0.3) is 0 Å². The van der Waals surface area contributed by atoms with E-state index >= 15 is 0 Å². The molecule has 0 N–H and O–H groups in total. The molecule has 0 atom stereocenters. The van der Waals surface area contributed by atoms with Gasteiger partial charge in [0.2, 0.25) is 0 Å². The molecule has 0 saturated heterocycles. The molecule has 6 aromatic rings. The van der Waals surface area contributed by atoms with Crippen LogP contribution in [0.25, 0.3) is 54.3 Å². The van der Waals surface area contributed by atoms with Crippen molar-refractivity contribution in [2.75, 3.05) is 0 Å². The van der Waals surface area contributed by atoms with Gasteiger partial charge in [-0.2, -0.15) is 0 Å². The van der Waals surface area contributed by atoms with Crippen molar-refractivity contribution < 1.29 is 0 Å². The zero-order valence-corrected chi connectivity index (χ0v) is 14.0. The van der Waals surface area contributed by atoms with Crippen molar-refractivity contribution in [3.05, 3.63) is 91.1 Å². The topological polar surface area (TPSA) is 12.9 Å². The van der Waals surface area contributed by atoms with Crippen LogP contribution in [0.4, 0.5) is 0 Å². The van der Waals surface area contributed by atoms with Gasteiger partial charge in [-0.05, 0) is 49.8 Å². The highest BCUT2D eigenvalue weighted by atomic mass is 14.7.